The van der Waals surface area contributed by atoms with Crippen molar-refractivity contribution < 1.29 is 24.1 Å². The quantitative estimate of drug-likeness (QED) is 0.875. The molecule has 0 bridgehead atoms. The van der Waals surface area contributed by atoms with Gasteiger partial charge in [0, 0.05) is 11.5 Å². The first-order valence-corrected chi connectivity index (χ1v) is 9.04. The Labute approximate surface area is 159 Å². The first kappa shape index (κ1) is 17.6. The second-order valence-corrected chi connectivity index (χ2v) is 7.46. The number of aromatic hydroxyl groups is 1. The van der Waals surface area contributed by atoms with Crippen molar-refractivity contribution in [3.05, 3.63) is 47.0 Å². The second-order valence-electron chi connectivity index (χ2n) is 7.46. The molecular weight excluding hydrogens is 344 g/mol. The van der Waals surface area contributed by atoms with Crippen LogP contribution in [0.3, 0.4) is 0 Å². The fourth-order valence-electron chi connectivity index (χ4n) is 3.78. The van der Waals surface area contributed by atoms with E-state index in [1.807, 2.05) is 26.0 Å². The van der Waals surface area contributed by atoms with Gasteiger partial charge >= 0.3 is 0 Å². The minimum absolute atomic E-state index is 0.0207. The van der Waals surface area contributed by atoms with Crippen molar-refractivity contribution in [2.45, 2.75) is 31.8 Å². The number of fused-ring (bicyclic) bond motifs is 3. The summed E-state index contributed by atoms with van der Waals surface area (Å²) < 4.78 is 22.8. The van der Waals surface area contributed by atoms with Gasteiger partial charge in [-0.1, -0.05) is 12.1 Å². The van der Waals surface area contributed by atoms with Crippen molar-refractivity contribution in [2.75, 3.05) is 20.8 Å². The van der Waals surface area contributed by atoms with E-state index in [4.69, 9.17) is 18.9 Å². The van der Waals surface area contributed by atoms with Crippen LogP contribution in [0.15, 0.2) is 30.3 Å². The molecule has 1 atom stereocenters. The molecule has 142 valence electrons. The van der Waals surface area contributed by atoms with Gasteiger partial charge < -0.3 is 24.1 Å². The summed E-state index contributed by atoms with van der Waals surface area (Å²) in [4.78, 5) is 0. The molecule has 0 radical (unpaired) electrons. The molecular formula is C22H24O5. The van der Waals surface area contributed by atoms with Gasteiger partial charge in [0.1, 0.15) is 17.1 Å². The van der Waals surface area contributed by atoms with Crippen LogP contribution in [-0.4, -0.2) is 31.5 Å². The maximum Gasteiger partial charge on any atom is 0.201 e. The van der Waals surface area contributed by atoms with Crippen LogP contribution in [0.2, 0.25) is 0 Å². The van der Waals surface area contributed by atoms with Crippen LogP contribution < -0.4 is 18.9 Å². The summed E-state index contributed by atoms with van der Waals surface area (Å²) in [5.74, 6) is 2.66. The lowest BCUT2D eigenvalue weighted by molar-refractivity contribution is 0.157. The number of ether oxygens (including phenoxy) is 4. The Morgan fingerprint density at radius 2 is 1.93 bits per heavy atom. The third-order valence-electron chi connectivity index (χ3n) is 5.15. The number of rotatable bonds is 3. The Kier molecular flexibility index (Phi) is 4.17. The van der Waals surface area contributed by atoms with E-state index in [1.165, 1.54) is 7.11 Å². The predicted octanol–water partition coefficient (Wildman–Crippen LogP) is 4.31. The normalized spacial score (nSPS) is 19.3. The molecule has 2 aliphatic rings. The predicted molar refractivity (Wildman–Crippen MR) is 103 cm³/mol. The van der Waals surface area contributed by atoms with Gasteiger partial charge in [-0.05, 0) is 50.1 Å². The Morgan fingerprint density at radius 3 is 2.67 bits per heavy atom. The molecule has 2 aliphatic heterocycles. The first-order chi connectivity index (χ1) is 12.9. The zero-order valence-corrected chi connectivity index (χ0v) is 16.0. The third kappa shape index (κ3) is 2.97. The SMILES string of the molecule is COc1ccc([C@H]2COc3c(ccc4c3C=CC(C)(C)O4)C2)c(OC)c1O. The summed E-state index contributed by atoms with van der Waals surface area (Å²) in [6, 6.07) is 7.76. The van der Waals surface area contributed by atoms with Crippen LogP contribution in [-0.2, 0) is 6.42 Å². The minimum atomic E-state index is -0.313. The second kappa shape index (κ2) is 6.41. The van der Waals surface area contributed by atoms with Crippen LogP contribution in [0.4, 0.5) is 0 Å². The lowest BCUT2D eigenvalue weighted by Gasteiger charge is -2.32. The topological polar surface area (TPSA) is 57.2 Å². The molecule has 0 fully saturated rings. The Hall–Kier alpha value is -2.82. The number of benzene rings is 2. The highest BCUT2D eigenvalue weighted by atomic mass is 16.5. The molecule has 0 spiro atoms. The summed E-state index contributed by atoms with van der Waals surface area (Å²) in [5, 5.41) is 10.4. The molecule has 2 aromatic rings. The molecule has 2 aromatic carbocycles. The summed E-state index contributed by atoms with van der Waals surface area (Å²) in [6.45, 7) is 4.57. The van der Waals surface area contributed by atoms with Gasteiger partial charge in [0.25, 0.3) is 0 Å². The van der Waals surface area contributed by atoms with Crippen LogP contribution in [0.1, 0.15) is 36.5 Å². The van der Waals surface area contributed by atoms with E-state index in [9.17, 15) is 5.11 Å². The van der Waals surface area contributed by atoms with E-state index < -0.39 is 0 Å². The van der Waals surface area contributed by atoms with Crippen molar-refractivity contribution in [1.82, 2.24) is 0 Å². The van der Waals surface area contributed by atoms with Gasteiger partial charge in [-0.2, -0.15) is 0 Å². The number of hydrogen-bond donors (Lipinski definition) is 1. The van der Waals surface area contributed by atoms with E-state index in [1.54, 1.807) is 13.2 Å². The van der Waals surface area contributed by atoms with Crippen LogP contribution >= 0.6 is 0 Å². The smallest absolute Gasteiger partial charge is 0.201 e. The van der Waals surface area contributed by atoms with Gasteiger partial charge in [0.15, 0.2) is 11.5 Å². The maximum atomic E-state index is 10.4. The summed E-state index contributed by atoms with van der Waals surface area (Å²) in [7, 11) is 3.07. The molecule has 0 unspecified atom stereocenters. The number of phenols is 1. The standard InChI is InChI=1S/C22H24O5/c1-22(2)10-9-16-17(27-22)7-5-13-11-14(12-26-20(13)16)15-6-8-18(24-3)19(23)21(15)25-4/h5-10,14,23H,11-12H2,1-4H3/t14-/m1/s1. The first-order valence-electron chi connectivity index (χ1n) is 9.04. The Morgan fingerprint density at radius 1 is 1.11 bits per heavy atom. The largest absolute Gasteiger partial charge is 0.502 e. The van der Waals surface area contributed by atoms with Gasteiger partial charge in [0.05, 0.1) is 26.4 Å². The van der Waals surface area contributed by atoms with E-state index in [0.717, 1.165) is 34.6 Å². The van der Waals surface area contributed by atoms with E-state index in [-0.39, 0.29) is 17.3 Å². The number of hydrogen-bond acceptors (Lipinski definition) is 5. The van der Waals surface area contributed by atoms with Gasteiger partial charge in [-0.25, -0.2) is 0 Å². The van der Waals surface area contributed by atoms with Crippen molar-refractivity contribution in [2.24, 2.45) is 0 Å². The summed E-state index contributed by atoms with van der Waals surface area (Å²) in [5.41, 5.74) is 2.71. The average Bonchev–Trinajstić information content (AvgIpc) is 2.66. The Balaban J connectivity index is 1.68. The molecule has 0 saturated carbocycles. The lowest BCUT2D eigenvalue weighted by atomic mass is 9.87. The molecule has 0 amide bonds. The highest BCUT2D eigenvalue weighted by molar-refractivity contribution is 5.70. The number of phenolic OH excluding ortho intramolecular Hbond substituents is 1. The highest BCUT2D eigenvalue weighted by Crippen LogP contribution is 2.47. The molecule has 5 nitrogen and oxygen atoms in total. The van der Waals surface area contributed by atoms with Gasteiger partial charge in [-0.3, -0.25) is 0 Å². The fraction of sp³-hybridized carbons (Fsp3) is 0.364. The lowest BCUT2D eigenvalue weighted by Crippen LogP contribution is -2.28. The fourth-order valence-corrected chi connectivity index (χ4v) is 3.78. The van der Waals surface area contributed by atoms with Crippen LogP contribution in [0.25, 0.3) is 6.08 Å². The molecule has 4 rings (SSSR count). The molecule has 27 heavy (non-hydrogen) atoms. The third-order valence-corrected chi connectivity index (χ3v) is 5.15. The molecule has 0 aromatic heterocycles. The van der Waals surface area contributed by atoms with Gasteiger partial charge in [0.2, 0.25) is 5.75 Å². The van der Waals surface area contributed by atoms with E-state index in [2.05, 4.69) is 18.2 Å². The number of methoxy groups -OCH3 is 2. The van der Waals surface area contributed by atoms with Crippen LogP contribution in [0.5, 0.6) is 28.7 Å². The van der Waals surface area contributed by atoms with Crippen molar-refractivity contribution in [3.8, 4) is 28.7 Å². The van der Waals surface area contributed by atoms with Crippen molar-refractivity contribution in [1.29, 1.82) is 0 Å². The Bertz CT molecular complexity index is 913. The molecule has 1 N–H and O–H groups in total. The zero-order valence-electron chi connectivity index (χ0n) is 16.0. The van der Waals surface area contributed by atoms with Crippen molar-refractivity contribution >= 4 is 6.08 Å². The molecule has 2 heterocycles. The average molecular weight is 368 g/mol. The van der Waals surface area contributed by atoms with Crippen LogP contribution in [0, 0.1) is 0 Å². The monoisotopic (exact) mass is 368 g/mol. The zero-order chi connectivity index (χ0) is 19.2. The van der Waals surface area contributed by atoms with Gasteiger partial charge in [-0.15, -0.1) is 0 Å². The van der Waals surface area contributed by atoms with E-state index >= 15 is 0 Å². The highest BCUT2D eigenvalue weighted by Gasteiger charge is 2.31. The van der Waals surface area contributed by atoms with E-state index in [0.29, 0.717) is 18.1 Å². The van der Waals surface area contributed by atoms with Crippen molar-refractivity contribution in [3.63, 3.8) is 0 Å². The summed E-state index contributed by atoms with van der Waals surface area (Å²) in [6.07, 6.45) is 4.93. The molecule has 5 heteroatoms. The minimum Gasteiger partial charge on any atom is -0.502 e. The maximum absolute atomic E-state index is 10.4. The molecule has 0 saturated heterocycles. The summed E-state index contributed by atoms with van der Waals surface area (Å²) >= 11 is 0. The molecule has 0 aliphatic carbocycles.